The molecule has 1 aliphatic heterocycles. The molecule has 1 saturated heterocycles. The Morgan fingerprint density at radius 3 is 2.30 bits per heavy atom. The molecule has 0 saturated carbocycles. The fourth-order valence-electron chi connectivity index (χ4n) is 2.78. The van der Waals surface area contributed by atoms with E-state index in [1.54, 1.807) is 24.5 Å². The predicted molar refractivity (Wildman–Crippen MR) is 105 cm³/mol. The first-order valence-corrected chi connectivity index (χ1v) is 9.06. The quantitative estimate of drug-likeness (QED) is 0.658. The van der Waals surface area contributed by atoms with Gasteiger partial charge in [-0.25, -0.2) is 4.39 Å². The summed E-state index contributed by atoms with van der Waals surface area (Å²) in [6.45, 7) is 6.62. The topological polar surface area (TPSA) is 74.9 Å². The van der Waals surface area contributed by atoms with Gasteiger partial charge in [0.2, 0.25) is 0 Å². The number of pyridine rings is 1. The molecule has 0 radical (unpaired) electrons. The largest absolute Gasteiger partial charge is 0.379 e. The minimum absolute atomic E-state index is 0.254. The van der Waals surface area contributed by atoms with Crippen LogP contribution in [-0.4, -0.2) is 48.0 Å². The highest BCUT2D eigenvalue weighted by molar-refractivity contribution is 5.88. The van der Waals surface area contributed by atoms with Crippen LogP contribution in [0.15, 0.2) is 48.8 Å². The van der Waals surface area contributed by atoms with E-state index in [1.807, 2.05) is 19.1 Å². The maximum absolute atomic E-state index is 13.1. The summed E-state index contributed by atoms with van der Waals surface area (Å²) in [5.74, 6) is 0.527. The number of H-pyrrole nitrogens is 1. The van der Waals surface area contributed by atoms with E-state index < -0.39 is 0 Å². The number of aromatic nitrogens is 3. The Labute approximate surface area is 158 Å². The lowest BCUT2D eigenvalue weighted by Crippen LogP contribution is -2.30. The number of anilines is 1. The molecular weight excluding hydrogens is 345 g/mol. The van der Waals surface area contributed by atoms with Crippen LogP contribution in [0.3, 0.4) is 0 Å². The minimum Gasteiger partial charge on any atom is -0.379 e. The number of ether oxygens (including phenoxy) is 1. The van der Waals surface area contributed by atoms with Crippen LogP contribution in [0.25, 0.3) is 22.4 Å². The highest BCUT2D eigenvalue weighted by atomic mass is 19.1. The van der Waals surface area contributed by atoms with E-state index in [9.17, 15) is 4.39 Å². The summed E-state index contributed by atoms with van der Waals surface area (Å²) in [6.07, 6.45) is 3.49. The van der Waals surface area contributed by atoms with Crippen molar-refractivity contribution in [2.75, 3.05) is 38.2 Å². The first-order chi connectivity index (χ1) is 13.3. The highest BCUT2D eigenvalue weighted by Gasteiger charge is 2.16. The predicted octanol–water partition coefficient (Wildman–Crippen LogP) is 3.32. The molecular formula is C20H24FN5O. The Hall–Kier alpha value is -2.77. The van der Waals surface area contributed by atoms with Crippen molar-refractivity contribution in [3.8, 4) is 22.4 Å². The van der Waals surface area contributed by atoms with E-state index in [2.05, 4.69) is 25.8 Å². The zero-order valence-corrected chi connectivity index (χ0v) is 15.3. The Balaban J connectivity index is 0.000000299. The molecule has 0 unspecified atom stereocenters. The lowest BCUT2D eigenvalue weighted by molar-refractivity contribution is 0.109. The average molecular weight is 369 g/mol. The van der Waals surface area contributed by atoms with E-state index in [4.69, 9.17) is 4.74 Å². The normalized spacial score (nSPS) is 13.6. The van der Waals surface area contributed by atoms with Gasteiger partial charge >= 0.3 is 0 Å². The number of hydrogen-bond acceptors (Lipinski definition) is 5. The van der Waals surface area contributed by atoms with Crippen molar-refractivity contribution in [2.24, 2.45) is 0 Å². The van der Waals surface area contributed by atoms with Crippen molar-refractivity contribution in [3.05, 3.63) is 54.6 Å². The second kappa shape index (κ2) is 9.80. The molecule has 3 heterocycles. The van der Waals surface area contributed by atoms with Crippen molar-refractivity contribution in [3.63, 3.8) is 0 Å². The molecule has 7 heteroatoms. The number of benzene rings is 1. The first-order valence-electron chi connectivity index (χ1n) is 9.06. The maximum atomic E-state index is 13.1. The molecule has 0 amide bonds. The number of nitrogens with one attached hydrogen (secondary N) is 3. The Kier molecular flexibility index (Phi) is 6.90. The van der Waals surface area contributed by atoms with E-state index in [-0.39, 0.29) is 5.82 Å². The molecule has 3 N–H and O–H groups in total. The van der Waals surface area contributed by atoms with Gasteiger partial charge in [0.05, 0.1) is 24.5 Å². The smallest absolute Gasteiger partial charge is 0.156 e. The molecule has 1 aromatic carbocycles. The maximum Gasteiger partial charge on any atom is 0.156 e. The summed E-state index contributed by atoms with van der Waals surface area (Å²) in [6, 6.07) is 10.2. The van der Waals surface area contributed by atoms with Crippen LogP contribution >= 0.6 is 0 Å². The molecule has 0 bridgehead atoms. The number of aromatic amines is 1. The fourth-order valence-corrected chi connectivity index (χ4v) is 2.78. The van der Waals surface area contributed by atoms with Crippen molar-refractivity contribution in [1.29, 1.82) is 0 Å². The van der Waals surface area contributed by atoms with Crippen molar-refractivity contribution in [2.45, 2.75) is 6.92 Å². The van der Waals surface area contributed by atoms with Crippen LogP contribution < -0.4 is 10.6 Å². The molecule has 0 aliphatic carbocycles. The second-order valence-electron chi connectivity index (χ2n) is 5.96. The van der Waals surface area contributed by atoms with Gasteiger partial charge < -0.3 is 15.4 Å². The lowest BCUT2D eigenvalue weighted by Gasteiger charge is -2.10. The van der Waals surface area contributed by atoms with Crippen LogP contribution in [0.1, 0.15) is 6.92 Å². The van der Waals surface area contributed by atoms with Gasteiger partial charge in [-0.15, -0.1) is 0 Å². The van der Waals surface area contributed by atoms with Gasteiger partial charge in [-0.3, -0.25) is 10.1 Å². The van der Waals surface area contributed by atoms with Crippen LogP contribution in [0, 0.1) is 5.82 Å². The third-order valence-electron chi connectivity index (χ3n) is 4.06. The molecule has 4 rings (SSSR count). The Morgan fingerprint density at radius 2 is 1.74 bits per heavy atom. The monoisotopic (exact) mass is 369 g/mol. The summed E-state index contributed by atoms with van der Waals surface area (Å²) < 4.78 is 18.1. The van der Waals surface area contributed by atoms with E-state index in [1.165, 1.54) is 12.1 Å². The number of morpholine rings is 1. The second-order valence-corrected chi connectivity index (χ2v) is 5.96. The molecule has 1 aliphatic rings. The molecule has 2 aromatic heterocycles. The van der Waals surface area contributed by atoms with E-state index in [0.717, 1.165) is 61.1 Å². The average Bonchev–Trinajstić information content (AvgIpc) is 3.15. The minimum atomic E-state index is -0.254. The van der Waals surface area contributed by atoms with Crippen molar-refractivity contribution in [1.82, 2.24) is 20.5 Å². The van der Waals surface area contributed by atoms with Crippen LogP contribution in [0.4, 0.5) is 10.2 Å². The summed E-state index contributed by atoms with van der Waals surface area (Å²) in [5, 5.41) is 13.8. The fraction of sp³-hybridized carbons (Fsp3) is 0.300. The van der Waals surface area contributed by atoms with Gasteiger partial charge in [-0.2, -0.15) is 5.10 Å². The molecule has 142 valence electrons. The van der Waals surface area contributed by atoms with Crippen LogP contribution in [-0.2, 0) is 4.74 Å². The highest BCUT2D eigenvalue weighted by Crippen LogP contribution is 2.35. The number of nitrogens with zero attached hydrogens (tertiary/aromatic N) is 2. The zero-order valence-electron chi connectivity index (χ0n) is 15.3. The SMILES string of the molecule is C1COCCN1.CCNc1n[nH]c(-c2ccc(F)cc2)c1-c1ccncc1. The molecule has 1 fully saturated rings. The number of hydrogen-bond donors (Lipinski definition) is 3. The van der Waals surface area contributed by atoms with Gasteiger partial charge in [0.15, 0.2) is 5.82 Å². The molecule has 6 nitrogen and oxygen atoms in total. The summed E-state index contributed by atoms with van der Waals surface area (Å²) in [5.41, 5.74) is 3.72. The number of rotatable bonds is 4. The van der Waals surface area contributed by atoms with Gasteiger partial charge in [0, 0.05) is 37.6 Å². The van der Waals surface area contributed by atoms with Crippen molar-refractivity contribution >= 4 is 5.82 Å². The Bertz CT molecular complexity index is 805. The molecule has 0 spiro atoms. The molecule has 3 aromatic rings. The summed E-state index contributed by atoms with van der Waals surface area (Å²) in [7, 11) is 0. The lowest BCUT2D eigenvalue weighted by atomic mass is 10.0. The van der Waals surface area contributed by atoms with Gasteiger partial charge in [0.1, 0.15) is 5.82 Å². The zero-order chi connectivity index (χ0) is 18.9. The van der Waals surface area contributed by atoms with E-state index in [0.29, 0.717) is 0 Å². The number of halogens is 1. The summed E-state index contributed by atoms with van der Waals surface area (Å²) in [4.78, 5) is 4.04. The summed E-state index contributed by atoms with van der Waals surface area (Å²) >= 11 is 0. The van der Waals surface area contributed by atoms with Crippen LogP contribution in [0.2, 0.25) is 0 Å². The van der Waals surface area contributed by atoms with Crippen LogP contribution in [0.5, 0.6) is 0 Å². The third-order valence-corrected chi connectivity index (χ3v) is 4.06. The van der Waals surface area contributed by atoms with E-state index >= 15 is 0 Å². The van der Waals surface area contributed by atoms with Gasteiger partial charge in [-0.1, -0.05) is 0 Å². The standard InChI is InChI=1S/C16H15FN4.C4H9NO/c1-2-19-16-14(11-7-9-18-10-8-11)15(20-21-16)12-3-5-13(17)6-4-12;1-3-6-4-2-5-1/h3-10H,2H2,1H3,(H2,19,20,21);5H,1-4H2. The molecule has 27 heavy (non-hydrogen) atoms. The van der Waals surface area contributed by atoms with Gasteiger partial charge in [-0.05, 0) is 48.9 Å². The van der Waals surface area contributed by atoms with Crippen molar-refractivity contribution < 1.29 is 9.13 Å². The van der Waals surface area contributed by atoms with Gasteiger partial charge in [0.25, 0.3) is 0 Å². The Morgan fingerprint density at radius 1 is 1.04 bits per heavy atom. The first kappa shape index (κ1) is 19.0. The third kappa shape index (κ3) is 5.12. The molecule has 0 atom stereocenters.